The van der Waals surface area contributed by atoms with E-state index in [1.165, 1.54) is 10.4 Å². The van der Waals surface area contributed by atoms with Gasteiger partial charge in [-0.15, -0.1) is 11.3 Å². The van der Waals surface area contributed by atoms with E-state index in [-0.39, 0.29) is 6.10 Å². The summed E-state index contributed by atoms with van der Waals surface area (Å²) in [5, 5.41) is 11.4. The molecule has 2 rings (SSSR count). The highest BCUT2D eigenvalue weighted by Crippen LogP contribution is 2.25. The first-order valence-electron chi connectivity index (χ1n) is 4.59. The third kappa shape index (κ3) is 1.86. The van der Waals surface area contributed by atoms with E-state index >= 15 is 0 Å². The van der Waals surface area contributed by atoms with Gasteiger partial charge in [0.1, 0.15) is 0 Å². The van der Waals surface area contributed by atoms with Crippen molar-refractivity contribution in [3.63, 3.8) is 0 Å². The topological polar surface area (TPSA) is 20.2 Å². The van der Waals surface area contributed by atoms with E-state index in [1.54, 1.807) is 18.3 Å². The summed E-state index contributed by atoms with van der Waals surface area (Å²) >= 11 is 1.73. The van der Waals surface area contributed by atoms with Crippen molar-refractivity contribution in [2.75, 3.05) is 0 Å². The van der Waals surface area contributed by atoms with Crippen molar-refractivity contribution < 1.29 is 5.11 Å². The highest BCUT2D eigenvalue weighted by molar-refractivity contribution is 7.13. The van der Waals surface area contributed by atoms with Crippen molar-refractivity contribution in [1.29, 1.82) is 0 Å². The highest BCUT2D eigenvalue weighted by atomic mass is 32.1. The van der Waals surface area contributed by atoms with Gasteiger partial charge in [-0.25, -0.2) is 0 Å². The largest absolute Gasteiger partial charge is 0.389 e. The number of aliphatic hydroxyl groups is 1. The van der Waals surface area contributed by atoms with Crippen LogP contribution in [0, 0.1) is 0 Å². The zero-order chi connectivity index (χ0) is 9.97. The van der Waals surface area contributed by atoms with Gasteiger partial charge >= 0.3 is 0 Å². The van der Waals surface area contributed by atoms with Gasteiger partial charge in [-0.3, -0.25) is 0 Å². The van der Waals surface area contributed by atoms with Gasteiger partial charge in [0.05, 0.1) is 6.10 Å². The Hall–Kier alpha value is -1.12. The maximum absolute atomic E-state index is 9.35. The minimum atomic E-state index is -0.382. The van der Waals surface area contributed by atoms with Crippen LogP contribution in [0.5, 0.6) is 0 Å². The summed E-state index contributed by atoms with van der Waals surface area (Å²) < 4.78 is 0. The van der Waals surface area contributed by atoms with E-state index in [0.717, 1.165) is 5.56 Å². The predicted molar refractivity (Wildman–Crippen MR) is 60.4 cm³/mol. The molecule has 1 nitrogen and oxygen atoms in total. The van der Waals surface area contributed by atoms with Gasteiger partial charge in [-0.2, -0.15) is 0 Å². The Morgan fingerprint density at radius 2 is 1.86 bits per heavy atom. The average Bonchev–Trinajstić information content (AvgIpc) is 2.71. The summed E-state index contributed by atoms with van der Waals surface area (Å²) in [6.45, 7) is 1.78. The van der Waals surface area contributed by atoms with E-state index in [4.69, 9.17) is 0 Å². The van der Waals surface area contributed by atoms with Crippen molar-refractivity contribution in [3.05, 3.63) is 47.3 Å². The molecule has 1 aromatic carbocycles. The molecule has 1 aromatic heterocycles. The minimum absolute atomic E-state index is 0.382. The first-order chi connectivity index (χ1) is 6.77. The zero-order valence-electron chi connectivity index (χ0n) is 7.97. The fraction of sp³-hybridized carbons (Fsp3) is 0.167. The molecule has 0 aliphatic carbocycles. The van der Waals surface area contributed by atoms with E-state index in [9.17, 15) is 5.11 Å². The van der Waals surface area contributed by atoms with Crippen LogP contribution in [-0.2, 0) is 0 Å². The maximum Gasteiger partial charge on any atom is 0.0761 e. The standard InChI is InChI=1S/C12H12OS/c1-9(13)10-4-6-11(7-5-10)12-3-2-8-14-12/h2-9,13H,1H3/t9-/m0/s1. The molecule has 0 amide bonds. The number of hydrogen-bond acceptors (Lipinski definition) is 2. The van der Waals surface area contributed by atoms with Crippen LogP contribution in [0.2, 0.25) is 0 Å². The molecule has 2 aromatic rings. The molecule has 0 unspecified atom stereocenters. The van der Waals surface area contributed by atoms with Gasteiger partial charge in [0.2, 0.25) is 0 Å². The molecule has 0 radical (unpaired) electrons. The molecule has 1 atom stereocenters. The second-order valence-corrected chi connectivity index (χ2v) is 4.22. The van der Waals surface area contributed by atoms with E-state index in [1.807, 2.05) is 30.3 Å². The Labute approximate surface area is 87.7 Å². The van der Waals surface area contributed by atoms with Crippen LogP contribution in [0.15, 0.2) is 41.8 Å². The molecule has 14 heavy (non-hydrogen) atoms. The molecule has 2 heteroatoms. The van der Waals surface area contributed by atoms with Crippen molar-refractivity contribution in [2.24, 2.45) is 0 Å². The van der Waals surface area contributed by atoms with Crippen LogP contribution < -0.4 is 0 Å². The van der Waals surface area contributed by atoms with Gasteiger partial charge in [0, 0.05) is 4.88 Å². The van der Waals surface area contributed by atoms with Crippen molar-refractivity contribution in [2.45, 2.75) is 13.0 Å². The third-order valence-corrected chi connectivity index (χ3v) is 3.12. The number of rotatable bonds is 2. The molecule has 0 spiro atoms. The van der Waals surface area contributed by atoms with Crippen LogP contribution in [0.3, 0.4) is 0 Å². The fourth-order valence-corrected chi connectivity index (χ4v) is 2.10. The lowest BCUT2D eigenvalue weighted by Crippen LogP contribution is -1.89. The lowest BCUT2D eigenvalue weighted by Gasteiger charge is -2.04. The Bertz CT molecular complexity index is 387. The average molecular weight is 204 g/mol. The van der Waals surface area contributed by atoms with Gasteiger partial charge < -0.3 is 5.11 Å². The highest BCUT2D eigenvalue weighted by Gasteiger charge is 2.01. The maximum atomic E-state index is 9.35. The Morgan fingerprint density at radius 1 is 1.14 bits per heavy atom. The number of thiophene rings is 1. The number of aliphatic hydroxyl groups excluding tert-OH is 1. The summed E-state index contributed by atoms with van der Waals surface area (Å²) in [5.41, 5.74) is 2.18. The third-order valence-electron chi connectivity index (χ3n) is 2.20. The van der Waals surface area contributed by atoms with Crippen molar-refractivity contribution >= 4 is 11.3 Å². The smallest absolute Gasteiger partial charge is 0.0761 e. The summed E-state index contributed by atoms with van der Waals surface area (Å²) in [4.78, 5) is 1.27. The Kier molecular flexibility index (Phi) is 2.66. The Balaban J connectivity index is 2.31. The lowest BCUT2D eigenvalue weighted by molar-refractivity contribution is 0.199. The lowest BCUT2D eigenvalue weighted by atomic mass is 10.1. The Morgan fingerprint density at radius 3 is 2.36 bits per heavy atom. The molecular formula is C12H12OS. The second kappa shape index (κ2) is 3.95. The molecule has 1 heterocycles. The minimum Gasteiger partial charge on any atom is -0.389 e. The molecule has 0 fully saturated rings. The van der Waals surface area contributed by atoms with Crippen molar-refractivity contribution in [1.82, 2.24) is 0 Å². The molecule has 0 aliphatic heterocycles. The SMILES string of the molecule is C[C@H](O)c1ccc(-c2cccs2)cc1. The predicted octanol–water partition coefficient (Wildman–Crippen LogP) is 3.47. The molecule has 1 N–H and O–H groups in total. The van der Waals surface area contributed by atoms with Crippen LogP contribution in [-0.4, -0.2) is 5.11 Å². The molecule has 72 valence electrons. The molecule has 0 aliphatic rings. The van der Waals surface area contributed by atoms with Gasteiger partial charge in [0.25, 0.3) is 0 Å². The van der Waals surface area contributed by atoms with E-state index in [0.29, 0.717) is 0 Å². The number of hydrogen-bond donors (Lipinski definition) is 1. The van der Waals surface area contributed by atoms with Gasteiger partial charge in [-0.1, -0.05) is 30.3 Å². The normalized spacial score (nSPS) is 12.7. The monoisotopic (exact) mass is 204 g/mol. The van der Waals surface area contributed by atoms with Crippen molar-refractivity contribution in [3.8, 4) is 10.4 Å². The fourth-order valence-electron chi connectivity index (χ4n) is 1.37. The zero-order valence-corrected chi connectivity index (χ0v) is 8.79. The summed E-state index contributed by atoms with van der Waals surface area (Å²) in [6, 6.07) is 12.2. The van der Waals surface area contributed by atoms with Crippen LogP contribution in [0.1, 0.15) is 18.6 Å². The van der Waals surface area contributed by atoms with Gasteiger partial charge in [0.15, 0.2) is 0 Å². The molecular weight excluding hydrogens is 192 g/mol. The summed E-state index contributed by atoms with van der Waals surface area (Å²) in [6.07, 6.45) is -0.382. The number of benzene rings is 1. The van der Waals surface area contributed by atoms with Gasteiger partial charge in [-0.05, 0) is 29.5 Å². The first-order valence-corrected chi connectivity index (χ1v) is 5.47. The molecule has 0 saturated heterocycles. The van der Waals surface area contributed by atoms with Crippen LogP contribution in [0.25, 0.3) is 10.4 Å². The second-order valence-electron chi connectivity index (χ2n) is 3.28. The van der Waals surface area contributed by atoms with E-state index in [2.05, 4.69) is 11.4 Å². The van der Waals surface area contributed by atoms with Crippen LogP contribution in [0.4, 0.5) is 0 Å². The molecule has 0 bridgehead atoms. The molecule has 0 saturated carbocycles. The summed E-state index contributed by atoms with van der Waals surface area (Å²) in [5.74, 6) is 0. The van der Waals surface area contributed by atoms with Crippen LogP contribution >= 0.6 is 11.3 Å². The quantitative estimate of drug-likeness (QED) is 0.794. The summed E-state index contributed by atoms with van der Waals surface area (Å²) in [7, 11) is 0. The first kappa shape index (κ1) is 9.44. The van der Waals surface area contributed by atoms with E-state index < -0.39 is 0 Å².